The Balaban J connectivity index is 2.11. The monoisotopic (exact) mass is 272 g/mol. The fourth-order valence-corrected chi connectivity index (χ4v) is 2.80. The lowest BCUT2D eigenvalue weighted by molar-refractivity contribution is -0.151. The van der Waals surface area contributed by atoms with Crippen LogP contribution < -0.4 is 5.56 Å². The minimum atomic E-state index is -0.263. The third-order valence-corrected chi connectivity index (χ3v) is 4.07. The van der Waals surface area contributed by atoms with E-state index in [-0.39, 0.29) is 23.5 Å². The van der Waals surface area contributed by atoms with E-state index in [2.05, 4.69) is 5.10 Å². The lowest BCUT2D eigenvalue weighted by Gasteiger charge is -2.34. The molecule has 0 N–H and O–H groups in total. The molecule has 3 rings (SSSR count). The second-order valence-corrected chi connectivity index (χ2v) is 5.16. The molecule has 1 aliphatic rings. The Hall–Kier alpha value is -2.17. The summed E-state index contributed by atoms with van der Waals surface area (Å²) in [6, 6.07) is 7.24. The number of methoxy groups -OCH3 is 1. The number of hydrogen-bond donors (Lipinski definition) is 0. The number of carbonyl (C=O) groups excluding carboxylic acids is 1. The first-order valence-electron chi connectivity index (χ1n) is 6.69. The molecule has 2 unspecified atom stereocenters. The van der Waals surface area contributed by atoms with Gasteiger partial charge in [0.2, 0.25) is 0 Å². The highest BCUT2D eigenvalue weighted by molar-refractivity contribution is 5.83. The van der Waals surface area contributed by atoms with Crippen LogP contribution in [0.15, 0.2) is 29.1 Å². The Morgan fingerprint density at radius 1 is 1.30 bits per heavy atom. The number of fused-ring (bicyclic) bond motifs is 1. The first kappa shape index (κ1) is 12.8. The molecule has 0 amide bonds. The van der Waals surface area contributed by atoms with E-state index in [1.54, 1.807) is 6.07 Å². The average molecular weight is 272 g/mol. The lowest BCUT2D eigenvalue weighted by Crippen LogP contribution is -2.41. The molecule has 1 fully saturated rings. The van der Waals surface area contributed by atoms with E-state index in [0.29, 0.717) is 5.39 Å². The molecule has 5 heteroatoms. The van der Waals surface area contributed by atoms with Crippen molar-refractivity contribution in [3.8, 4) is 0 Å². The van der Waals surface area contributed by atoms with Crippen molar-refractivity contribution in [2.45, 2.75) is 25.8 Å². The van der Waals surface area contributed by atoms with Gasteiger partial charge in [0.25, 0.3) is 5.56 Å². The van der Waals surface area contributed by atoms with Crippen LogP contribution in [0.25, 0.3) is 10.8 Å². The zero-order valence-electron chi connectivity index (χ0n) is 11.5. The molecule has 0 saturated heterocycles. The van der Waals surface area contributed by atoms with Gasteiger partial charge in [-0.05, 0) is 25.8 Å². The second kappa shape index (κ2) is 4.74. The van der Waals surface area contributed by atoms with E-state index in [4.69, 9.17) is 4.74 Å². The fourth-order valence-electron chi connectivity index (χ4n) is 2.80. The van der Waals surface area contributed by atoms with Crippen LogP contribution in [0, 0.1) is 12.8 Å². The molecule has 0 spiro atoms. The zero-order chi connectivity index (χ0) is 14.3. The SMILES string of the molecule is COC(=O)C1CCC1n1nc(C)c2ccccc2c1=O. The molecule has 0 aliphatic heterocycles. The predicted molar refractivity (Wildman–Crippen MR) is 74.5 cm³/mol. The van der Waals surface area contributed by atoms with Crippen LogP contribution >= 0.6 is 0 Å². The van der Waals surface area contributed by atoms with Gasteiger partial charge in [0.05, 0.1) is 30.1 Å². The van der Waals surface area contributed by atoms with Crippen molar-refractivity contribution in [2.75, 3.05) is 7.11 Å². The van der Waals surface area contributed by atoms with Gasteiger partial charge in [0, 0.05) is 5.39 Å². The first-order valence-corrected chi connectivity index (χ1v) is 6.69. The molecule has 2 atom stereocenters. The van der Waals surface area contributed by atoms with Crippen LogP contribution in [0.4, 0.5) is 0 Å². The number of benzene rings is 1. The Morgan fingerprint density at radius 2 is 2.00 bits per heavy atom. The molecule has 0 bridgehead atoms. The van der Waals surface area contributed by atoms with Crippen molar-refractivity contribution in [1.82, 2.24) is 9.78 Å². The highest BCUT2D eigenvalue weighted by Crippen LogP contribution is 2.38. The van der Waals surface area contributed by atoms with E-state index in [1.807, 2.05) is 25.1 Å². The van der Waals surface area contributed by atoms with Gasteiger partial charge in [-0.3, -0.25) is 9.59 Å². The maximum atomic E-state index is 12.5. The summed E-state index contributed by atoms with van der Waals surface area (Å²) in [5, 5.41) is 5.90. The minimum absolute atomic E-state index is 0.134. The topological polar surface area (TPSA) is 61.2 Å². The highest BCUT2D eigenvalue weighted by Gasteiger charge is 2.40. The van der Waals surface area contributed by atoms with Crippen LogP contribution in [0.1, 0.15) is 24.6 Å². The zero-order valence-corrected chi connectivity index (χ0v) is 11.5. The standard InChI is InChI=1S/C15H16N2O3/c1-9-10-5-3-4-6-11(10)14(18)17(16-9)13-8-7-12(13)15(19)20-2/h3-6,12-13H,7-8H2,1-2H3. The molecule has 1 aliphatic carbocycles. The van der Waals surface area contributed by atoms with Crippen molar-refractivity contribution in [1.29, 1.82) is 0 Å². The summed E-state index contributed by atoms with van der Waals surface area (Å²) in [7, 11) is 1.37. The molecular weight excluding hydrogens is 256 g/mol. The maximum absolute atomic E-state index is 12.5. The Labute approximate surface area is 116 Å². The number of ether oxygens (including phenoxy) is 1. The number of rotatable bonds is 2. The van der Waals surface area contributed by atoms with Crippen LogP contribution in [-0.4, -0.2) is 22.9 Å². The van der Waals surface area contributed by atoms with Gasteiger partial charge in [-0.15, -0.1) is 0 Å². The molecule has 2 aromatic rings. The number of hydrogen-bond acceptors (Lipinski definition) is 4. The predicted octanol–water partition coefficient (Wildman–Crippen LogP) is 1.83. The molecule has 1 aromatic heterocycles. The Morgan fingerprint density at radius 3 is 2.60 bits per heavy atom. The van der Waals surface area contributed by atoms with Crippen molar-refractivity contribution in [3.63, 3.8) is 0 Å². The molecule has 20 heavy (non-hydrogen) atoms. The summed E-state index contributed by atoms with van der Waals surface area (Å²) in [6.45, 7) is 1.88. The van der Waals surface area contributed by atoms with Gasteiger partial charge in [-0.25, -0.2) is 4.68 Å². The van der Waals surface area contributed by atoms with Crippen molar-refractivity contribution in [3.05, 3.63) is 40.3 Å². The summed E-state index contributed by atoms with van der Waals surface area (Å²) < 4.78 is 6.24. The second-order valence-electron chi connectivity index (χ2n) is 5.16. The molecule has 1 saturated carbocycles. The van der Waals surface area contributed by atoms with E-state index < -0.39 is 0 Å². The third kappa shape index (κ3) is 1.81. The maximum Gasteiger partial charge on any atom is 0.310 e. The largest absolute Gasteiger partial charge is 0.469 e. The quantitative estimate of drug-likeness (QED) is 0.782. The smallest absolute Gasteiger partial charge is 0.310 e. The number of aryl methyl sites for hydroxylation is 1. The van der Waals surface area contributed by atoms with Gasteiger partial charge in [0.1, 0.15) is 0 Å². The Bertz CT molecular complexity index is 735. The normalized spacial score (nSPS) is 21.5. The van der Waals surface area contributed by atoms with E-state index in [1.165, 1.54) is 11.8 Å². The van der Waals surface area contributed by atoms with Gasteiger partial charge in [-0.1, -0.05) is 18.2 Å². The molecule has 1 aromatic carbocycles. The van der Waals surface area contributed by atoms with Crippen molar-refractivity contribution < 1.29 is 9.53 Å². The summed E-state index contributed by atoms with van der Waals surface area (Å²) >= 11 is 0. The van der Waals surface area contributed by atoms with Gasteiger partial charge in [0.15, 0.2) is 0 Å². The van der Waals surface area contributed by atoms with E-state index in [0.717, 1.165) is 23.9 Å². The van der Waals surface area contributed by atoms with Gasteiger partial charge in [-0.2, -0.15) is 5.10 Å². The number of esters is 1. The lowest BCUT2D eigenvalue weighted by atomic mass is 9.79. The van der Waals surface area contributed by atoms with E-state index >= 15 is 0 Å². The van der Waals surface area contributed by atoms with Gasteiger partial charge >= 0.3 is 5.97 Å². The molecule has 0 radical (unpaired) electrons. The minimum Gasteiger partial charge on any atom is -0.469 e. The van der Waals surface area contributed by atoms with E-state index in [9.17, 15) is 9.59 Å². The van der Waals surface area contributed by atoms with Crippen LogP contribution in [0.3, 0.4) is 0 Å². The Kier molecular flexibility index (Phi) is 3.04. The molecule has 5 nitrogen and oxygen atoms in total. The molecular formula is C15H16N2O3. The molecule has 104 valence electrons. The number of aromatic nitrogens is 2. The van der Waals surface area contributed by atoms with Gasteiger partial charge < -0.3 is 4.74 Å². The van der Waals surface area contributed by atoms with Crippen molar-refractivity contribution >= 4 is 16.7 Å². The van der Waals surface area contributed by atoms with Crippen molar-refractivity contribution in [2.24, 2.45) is 5.92 Å². The first-order chi connectivity index (χ1) is 9.63. The summed E-state index contributed by atoms with van der Waals surface area (Å²) in [4.78, 5) is 24.2. The number of nitrogens with zero attached hydrogens (tertiary/aromatic N) is 2. The highest BCUT2D eigenvalue weighted by atomic mass is 16.5. The summed E-state index contributed by atoms with van der Waals surface area (Å²) in [5.41, 5.74) is 0.667. The van der Waals surface area contributed by atoms with Crippen LogP contribution in [0.5, 0.6) is 0 Å². The van der Waals surface area contributed by atoms with Crippen LogP contribution in [-0.2, 0) is 9.53 Å². The fraction of sp³-hybridized carbons (Fsp3) is 0.400. The van der Waals surface area contributed by atoms with Crippen LogP contribution in [0.2, 0.25) is 0 Å². The summed E-state index contributed by atoms with van der Waals surface area (Å²) in [5.74, 6) is -0.522. The number of carbonyl (C=O) groups is 1. The molecule has 1 heterocycles. The summed E-state index contributed by atoms with van der Waals surface area (Å²) in [6.07, 6.45) is 1.53. The average Bonchev–Trinajstić information content (AvgIpc) is 2.43. The third-order valence-electron chi connectivity index (χ3n) is 4.07.